The average molecular weight is 363 g/mol. The molecule has 0 saturated carbocycles. The molecule has 5 heteroatoms. The molecule has 138 valence electrons. The lowest BCUT2D eigenvalue weighted by Gasteiger charge is -2.17. The summed E-state index contributed by atoms with van der Waals surface area (Å²) in [6, 6.07) is 11.8. The SMILES string of the molecule is CCc1cc2cc3c(=O)oc4cc(=[N+](C)C)ccc4c3oc2cc1N(C)C. The molecule has 0 radical (unpaired) electrons. The molecular weight excluding hydrogens is 340 g/mol. The molecule has 0 unspecified atom stereocenters. The number of hydrogen-bond donors (Lipinski definition) is 0. The number of hydrogen-bond acceptors (Lipinski definition) is 4. The third-order valence-corrected chi connectivity index (χ3v) is 4.98. The van der Waals surface area contributed by atoms with Crippen molar-refractivity contribution in [1.82, 2.24) is 4.58 Å². The van der Waals surface area contributed by atoms with Gasteiger partial charge in [-0.15, -0.1) is 0 Å². The normalized spacial score (nSPS) is 11.4. The molecule has 0 saturated heterocycles. The maximum Gasteiger partial charge on any atom is 0.347 e. The monoisotopic (exact) mass is 363 g/mol. The molecule has 5 nitrogen and oxygen atoms in total. The van der Waals surface area contributed by atoms with Crippen molar-refractivity contribution in [3.63, 3.8) is 0 Å². The molecular formula is C22H23N2O3+. The van der Waals surface area contributed by atoms with Gasteiger partial charge < -0.3 is 13.7 Å². The maximum absolute atomic E-state index is 12.6. The standard InChI is InChI=1S/C22H23N2O3/c1-6-13-9-14-10-17-21(26-19(14)12-18(13)24(4)5)16-8-7-15(23(2)3)11-20(16)27-22(17)25/h7-12H,6H2,1-5H3/q+1. The van der Waals surface area contributed by atoms with E-state index in [1.807, 2.05) is 63.1 Å². The van der Waals surface area contributed by atoms with Crippen molar-refractivity contribution < 1.29 is 8.83 Å². The highest BCUT2D eigenvalue weighted by atomic mass is 16.4. The van der Waals surface area contributed by atoms with Crippen LogP contribution in [0.15, 0.2) is 50.0 Å². The van der Waals surface area contributed by atoms with Crippen LogP contribution in [0.2, 0.25) is 0 Å². The minimum atomic E-state index is -0.381. The summed E-state index contributed by atoms with van der Waals surface area (Å²) in [5, 5.41) is 3.13. The second kappa shape index (κ2) is 6.27. The number of aryl methyl sites for hydroxylation is 1. The van der Waals surface area contributed by atoms with Gasteiger partial charge in [0.15, 0.2) is 5.58 Å². The van der Waals surface area contributed by atoms with Crippen molar-refractivity contribution in [2.24, 2.45) is 0 Å². The van der Waals surface area contributed by atoms with Crippen LogP contribution in [0.1, 0.15) is 12.5 Å². The van der Waals surface area contributed by atoms with Gasteiger partial charge in [-0.3, -0.25) is 0 Å². The summed E-state index contributed by atoms with van der Waals surface area (Å²) in [6.07, 6.45) is 0.904. The third kappa shape index (κ3) is 2.79. The molecule has 2 aromatic carbocycles. The number of anilines is 1. The molecule has 0 bridgehead atoms. The lowest BCUT2D eigenvalue weighted by molar-refractivity contribution is 0.563. The first kappa shape index (κ1) is 17.3. The van der Waals surface area contributed by atoms with Gasteiger partial charge in [-0.1, -0.05) is 6.92 Å². The van der Waals surface area contributed by atoms with Crippen molar-refractivity contribution >= 4 is 38.6 Å². The fourth-order valence-electron chi connectivity index (χ4n) is 3.49. The Morgan fingerprint density at radius 3 is 2.41 bits per heavy atom. The van der Waals surface area contributed by atoms with Crippen LogP contribution >= 0.6 is 0 Å². The van der Waals surface area contributed by atoms with Crippen molar-refractivity contribution in [3.8, 4) is 0 Å². The summed E-state index contributed by atoms with van der Waals surface area (Å²) in [4.78, 5) is 14.7. The molecule has 2 aromatic heterocycles. The van der Waals surface area contributed by atoms with E-state index in [0.29, 0.717) is 16.6 Å². The van der Waals surface area contributed by atoms with Crippen LogP contribution in [0.5, 0.6) is 0 Å². The predicted molar refractivity (Wildman–Crippen MR) is 111 cm³/mol. The van der Waals surface area contributed by atoms with Crippen molar-refractivity contribution in [2.75, 3.05) is 33.1 Å². The summed E-state index contributed by atoms with van der Waals surface area (Å²) in [6.45, 7) is 2.12. The minimum absolute atomic E-state index is 0.381. The summed E-state index contributed by atoms with van der Waals surface area (Å²) in [5.74, 6) is 0. The zero-order valence-corrected chi connectivity index (χ0v) is 16.3. The second-order valence-electron chi connectivity index (χ2n) is 7.22. The van der Waals surface area contributed by atoms with E-state index >= 15 is 0 Å². The minimum Gasteiger partial charge on any atom is -0.455 e. The first-order chi connectivity index (χ1) is 12.9. The van der Waals surface area contributed by atoms with Gasteiger partial charge in [0.25, 0.3) is 0 Å². The molecule has 2 heterocycles. The molecule has 0 aliphatic heterocycles. The van der Waals surface area contributed by atoms with E-state index < -0.39 is 0 Å². The van der Waals surface area contributed by atoms with E-state index in [0.717, 1.165) is 33.8 Å². The highest BCUT2D eigenvalue weighted by Crippen LogP contribution is 2.31. The van der Waals surface area contributed by atoms with Gasteiger partial charge in [0, 0.05) is 37.3 Å². The van der Waals surface area contributed by atoms with Crippen molar-refractivity contribution in [2.45, 2.75) is 13.3 Å². The van der Waals surface area contributed by atoms with Crippen LogP contribution in [0.25, 0.3) is 32.9 Å². The number of rotatable bonds is 2. The molecule has 0 N–H and O–H groups in total. The summed E-state index contributed by atoms with van der Waals surface area (Å²) < 4.78 is 13.8. The Morgan fingerprint density at radius 2 is 1.74 bits per heavy atom. The first-order valence-electron chi connectivity index (χ1n) is 9.04. The zero-order valence-electron chi connectivity index (χ0n) is 16.3. The van der Waals surface area contributed by atoms with Crippen LogP contribution in [0.3, 0.4) is 0 Å². The van der Waals surface area contributed by atoms with Crippen molar-refractivity contribution in [3.05, 3.63) is 57.7 Å². The Kier molecular flexibility index (Phi) is 4.02. The Hall–Kier alpha value is -3.08. The summed E-state index contributed by atoms with van der Waals surface area (Å²) >= 11 is 0. The largest absolute Gasteiger partial charge is 0.455 e. The van der Waals surface area contributed by atoms with Gasteiger partial charge in [0.1, 0.15) is 30.6 Å². The van der Waals surface area contributed by atoms with E-state index in [2.05, 4.69) is 17.9 Å². The smallest absolute Gasteiger partial charge is 0.347 e. The quantitative estimate of drug-likeness (QED) is 0.237. The van der Waals surface area contributed by atoms with E-state index in [9.17, 15) is 4.79 Å². The van der Waals surface area contributed by atoms with E-state index in [-0.39, 0.29) is 5.63 Å². The van der Waals surface area contributed by atoms with Gasteiger partial charge in [0.05, 0.1) is 11.5 Å². The van der Waals surface area contributed by atoms with E-state index in [1.165, 1.54) is 5.56 Å². The molecule has 0 aliphatic rings. The zero-order chi connectivity index (χ0) is 19.3. The van der Waals surface area contributed by atoms with E-state index in [1.54, 1.807) is 0 Å². The summed E-state index contributed by atoms with van der Waals surface area (Å²) in [7, 11) is 7.95. The lowest BCUT2D eigenvalue weighted by Crippen LogP contribution is -2.20. The maximum atomic E-state index is 12.6. The molecule has 27 heavy (non-hydrogen) atoms. The Balaban J connectivity index is 2.15. The van der Waals surface area contributed by atoms with Crippen LogP contribution in [-0.4, -0.2) is 28.2 Å². The van der Waals surface area contributed by atoms with Gasteiger partial charge >= 0.3 is 5.63 Å². The molecule has 4 rings (SSSR count). The number of benzene rings is 2. The predicted octanol–water partition coefficient (Wildman–Crippen LogP) is 3.35. The Labute approximate surface area is 156 Å². The second-order valence-corrected chi connectivity index (χ2v) is 7.22. The fourth-order valence-corrected chi connectivity index (χ4v) is 3.49. The number of nitrogens with zero attached hydrogens (tertiary/aromatic N) is 2. The molecule has 0 aliphatic carbocycles. The highest BCUT2D eigenvalue weighted by Gasteiger charge is 2.14. The Morgan fingerprint density at radius 1 is 0.963 bits per heavy atom. The molecule has 4 aromatic rings. The highest BCUT2D eigenvalue weighted by molar-refractivity contribution is 6.03. The van der Waals surface area contributed by atoms with E-state index in [4.69, 9.17) is 8.83 Å². The third-order valence-electron chi connectivity index (χ3n) is 4.98. The summed E-state index contributed by atoms with van der Waals surface area (Å²) in [5.41, 5.74) is 3.80. The molecule has 0 fully saturated rings. The van der Waals surface area contributed by atoms with Gasteiger partial charge in [-0.25, -0.2) is 9.37 Å². The number of fused-ring (bicyclic) bond motifs is 4. The van der Waals surface area contributed by atoms with Gasteiger partial charge in [0.2, 0.25) is 5.36 Å². The molecule has 0 spiro atoms. The van der Waals surface area contributed by atoms with Crippen LogP contribution in [0.4, 0.5) is 5.69 Å². The van der Waals surface area contributed by atoms with Gasteiger partial charge in [-0.2, -0.15) is 0 Å². The van der Waals surface area contributed by atoms with Crippen LogP contribution in [0, 0.1) is 0 Å². The average Bonchev–Trinajstić information content (AvgIpc) is 2.65. The lowest BCUT2D eigenvalue weighted by atomic mass is 10.0. The van der Waals surface area contributed by atoms with Crippen molar-refractivity contribution in [1.29, 1.82) is 0 Å². The fraction of sp³-hybridized carbons (Fsp3) is 0.273. The Bertz CT molecular complexity index is 1320. The first-order valence-corrected chi connectivity index (χ1v) is 9.04. The van der Waals surface area contributed by atoms with Gasteiger partial charge in [-0.05, 0) is 30.2 Å². The topological polar surface area (TPSA) is 49.6 Å². The molecule has 0 atom stereocenters. The van der Waals surface area contributed by atoms with Crippen LogP contribution < -0.4 is 20.5 Å². The molecule has 0 amide bonds. The van der Waals surface area contributed by atoms with Crippen LogP contribution in [-0.2, 0) is 6.42 Å².